The minimum atomic E-state index is -0.898. The lowest BCUT2D eigenvalue weighted by atomic mass is 10.1. The molecule has 0 fully saturated rings. The highest BCUT2D eigenvalue weighted by atomic mass is 19.1. The number of amides is 1. The summed E-state index contributed by atoms with van der Waals surface area (Å²) in [6.07, 6.45) is 0. The molecular formula is C9H7FN2O2. The van der Waals surface area contributed by atoms with Crippen LogP contribution < -0.4 is 10.5 Å². The third kappa shape index (κ3) is 1.64. The number of carbonyl (C=O) groups excluding carboxylic acids is 1. The second kappa shape index (κ2) is 3.75. The first-order chi connectivity index (χ1) is 6.60. The van der Waals surface area contributed by atoms with Gasteiger partial charge in [-0.3, -0.25) is 4.79 Å². The van der Waals surface area contributed by atoms with Crippen molar-refractivity contribution in [1.82, 2.24) is 0 Å². The van der Waals surface area contributed by atoms with Crippen LogP contribution >= 0.6 is 0 Å². The fourth-order valence-electron chi connectivity index (χ4n) is 0.998. The summed E-state index contributed by atoms with van der Waals surface area (Å²) < 4.78 is 17.9. The molecule has 0 aliphatic carbocycles. The average molecular weight is 194 g/mol. The van der Waals surface area contributed by atoms with E-state index in [-0.39, 0.29) is 16.9 Å². The van der Waals surface area contributed by atoms with Crippen LogP contribution in [-0.4, -0.2) is 13.0 Å². The lowest BCUT2D eigenvalue weighted by Crippen LogP contribution is -2.13. The summed E-state index contributed by atoms with van der Waals surface area (Å²) in [6.45, 7) is 0. The summed E-state index contributed by atoms with van der Waals surface area (Å²) in [7, 11) is 1.32. The first-order valence-corrected chi connectivity index (χ1v) is 3.67. The van der Waals surface area contributed by atoms with Crippen LogP contribution in [0.2, 0.25) is 0 Å². The SMILES string of the molecule is COc1cc(C(N)=O)c(F)cc1C#N. The molecule has 0 spiro atoms. The fraction of sp³-hybridized carbons (Fsp3) is 0.111. The van der Waals surface area contributed by atoms with Gasteiger partial charge in [-0.15, -0.1) is 0 Å². The number of rotatable bonds is 2. The number of hydrogen-bond acceptors (Lipinski definition) is 3. The van der Waals surface area contributed by atoms with E-state index in [9.17, 15) is 9.18 Å². The van der Waals surface area contributed by atoms with Gasteiger partial charge in [0.1, 0.15) is 17.6 Å². The molecule has 0 heterocycles. The van der Waals surface area contributed by atoms with Gasteiger partial charge in [-0.2, -0.15) is 5.26 Å². The standard InChI is InChI=1S/C9H7FN2O2/c1-14-8-3-6(9(12)13)7(10)2-5(8)4-11/h2-3H,1H3,(H2,12,13). The number of nitrogens with zero attached hydrogens (tertiary/aromatic N) is 1. The summed E-state index contributed by atoms with van der Waals surface area (Å²) in [4.78, 5) is 10.7. The lowest BCUT2D eigenvalue weighted by molar-refractivity contribution is 0.0996. The van der Waals surface area contributed by atoms with Crippen molar-refractivity contribution >= 4 is 5.91 Å². The van der Waals surface area contributed by atoms with Gasteiger partial charge in [0.2, 0.25) is 0 Å². The second-order valence-electron chi connectivity index (χ2n) is 2.51. The van der Waals surface area contributed by atoms with E-state index in [2.05, 4.69) is 0 Å². The molecule has 1 rings (SSSR count). The monoisotopic (exact) mass is 194 g/mol. The third-order valence-corrected chi connectivity index (χ3v) is 1.68. The van der Waals surface area contributed by atoms with Crippen molar-refractivity contribution in [3.05, 3.63) is 29.1 Å². The molecule has 2 N–H and O–H groups in total. The predicted molar refractivity (Wildman–Crippen MR) is 46.2 cm³/mol. The number of ether oxygens (including phenoxy) is 1. The summed E-state index contributed by atoms with van der Waals surface area (Å²) in [6, 6.07) is 3.76. The lowest BCUT2D eigenvalue weighted by Gasteiger charge is -2.04. The molecule has 1 aromatic carbocycles. The third-order valence-electron chi connectivity index (χ3n) is 1.68. The molecule has 0 bridgehead atoms. The van der Waals surface area contributed by atoms with Crippen LogP contribution in [0.5, 0.6) is 5.75 Å². The smallest absolute Gasteiger partial charge is 0.251 e. The molecule has 14 heavy (non-hydrogen) atoms. The van der Waals surface area contributed by atoms with Crippen LogP contribution in [0.25, 0.3) is 0 Å². The van der Waals surface area contributed by atoms with E-state index in [0.717, 1.165) is 12.1 Å². The largest absolute Gasteiger partial charge is 0.495 e. The van der Waals surface area contributed by atoms with E-state index in [1.54, 1.807) is 6.07 Å². The normalized spacial score (nSPS) is 9.21. The van der Waals surface area contributed by atoms with Crippen LogP contribution in [0, 0.1) is 17.1 Å². The quantitative estimate of drug-likeness (QED) is 0.756. The Balaban J connectivity index is 3.39. The molecule has 72 valence electrons. The number of nitrogens with two attached hydrogens (primary N) is 1. The minimum Gasteiger partial charge on any atom is -0.495 e. The van der Waals surface area contributed by atoms with Gasteiger partial charge in [0.05, 0.1) is 18.2 Å². The molecule has 0 saturated heterocycles. The zero-order valence-corrected chi connectivity index (χ0v) is 7.37. The number of carbonyl (C=O) groups is 1. The molecule has 0 radical (unpaired) electrons. The van der Waals surface area contributed by atoms with Crippen LogP contribution in [0.4, 0.5) is 4.39 Å². The zero-order valence-electron chi connectivity index (χ0n) is 7.37. The van der Waals surface area contributed by atoms with Gasteiger partial charge in [-0.25, -0.2) is 4.39 Å². The molecule has 0 saturated carbocycles. The molecule has 0 aliphatic rings. The van der Waals surface area contributed by atoms with Crippen LogP contribution in [0.3, 0.4) is 0 Å². The molecule has 4 nitrogen and oxygen atoms in total. The van der Waals surface area contributed by atoms with E-state index in [1.165, 1.54) is 7.11 Å². The Hall–Kier alpha value is -2.09. The summed E-state index contributed by atoms with van der Waals surface area (Å²) in [5.74, 6) is -1.59. The average Bonchev–Trinajstić information content (AvgIpc) is 2.16. The van der Waals surface area contributed by atoms with Crippen molar-refractivity contribution in [1.29, 1.82) is 5.26 Å². The molecule has 0 unspecified atom stereocenters. The van der Waals surface area contributed by atoms with Crippen LogP contribution in [0.1, 0.15) is 15.9 Å². The molecule has 5 heteroatoms. The number of primary amides is 1. The van der Waals surface area contributed by atoms with Crippen LogP contribution in [-0.2, 0) is 0 Å². The number of methoxy groups -OCH3 is 1. The molecular weight excluding hydrogens is 187 g/mol. The van der Waals surface area contributed by atoms with Crippen LogP contribution in [0.15, 0.2) is 12.1 Å². The van der Waals surface area contributed by atoms with Crippen molar-refractivity contribution in [3.63, 3.8) is 0 Å². The highest BCUT2D eigenvalue weighted by Crippen LogP contribution is 2.21. The molecule has 0 atom stereocenters. The maximum absolute atomic E-state index is 13.1. The zero-order chi connectivity index (χ0) is 10.7. The van der Waals surface area contributed by atoms with Gasteiger partial charge in [-0.05, 0) is 12.1 Å². The van der Waals surface area contributed by atoms with Gasteiger partial charge in [0.25, 0.3) is 5.91 Å². The van der Waals surface area contributed by atoms with Crippen molar-refractivity contribution in [3.8, 4) is 11.8 Å². The Labute approximate surface area is 79.7 Å². The van der Waals surface area contributed by atoms with Crippen molar-refractivity contribution < 1.29 is 13.9 Å². The highest BCUT2D eigenvalue weighted by Gasteiger charge is 2.13. The van der Waals surface area contributed by atoms with Gasteiger partial charge in [-0.1, -0.05) is 0 Å². The number of hydrogen-bond donors (Lipinski definition) is 1. The summed E-state index contributed by atoms with van der Waals surface area (Å²) in [5.41, 5.74) is 4.64. The topological polar surface area (TPSA) is 76.1 Å². The Morgan fingerprint density at radius 1 is 1.64 bits per heavy atom. The Morgan fingerprint density at radius 2 is 2.29 bits per heavy atom. The number of benzene rings is 1. The molecule has 0 aliphatic heterocycles. The minimum absolute atomic E-state index is 0.0231. The van der Waals surface area contributed by atoms with Gasteiger partial charge in [0, 0.05) is 0 Å². The number of halogens is 1. The number of nitriles is 1. The van der Waals surface area contributed by atoms with Crippen molar-refractivity contribution in [2.24, 2.45) is 5.73 Å². The van der Waals surface area contributed by atoms with E-state index < -0.39 is 11.7 Å². The van der Waals surface area contributed by atoms with E-state index in [1.807, 2.05) is 0 Å². The molecule has 1 aromatic rings. The fourth-order valence-corrected chi connectivity index (χ4v) is 0.998. The second-order valence-corrected chi connectivity index (χ2v) is 2.51. The Morgan fingerprint density at radius 3 is 2.71 bits per heavy atom. The van der Waals surface area contributed by atoms with E-state index in [4.69, 9.17) is 15.7 Å². The van der Waals surface area contributed by atoms with E-state index >= 15 is 0 Å². The summed E-state index contributed by atoms with van der Waals surface area (Å²) >= 11 is 0. The van der Waals surface area contributed by atoms with E-state index in [0.29, 0.717) is 0 Å². The van der Waals surface area contributed by atoms with Gasteiger partial charge < -0.3 is 10.5 Å². The predicted octanol–water partition coefficient (Wildman–Crippen LogP) is 0.805. The first kappa shape index (κ1) is 9.99. The molecule has 0 aromatic heterocycles. The van der Waals surface area contributed by atoms with Gasteiger partial charge >= 0.3 is 0 Å². The molecule has 1 amide bonds. The Kier molecular flexibility index (Phi) is 2.67. The Bertz CT molecular complexity index is 424. The van der Waals surface area contributed by atoms with Gasteiger partial charge in [0.15, 0.2) is 0 Å². The maximum Gasteiger partial charge on any atom is 0.251 e. The first-order valence-electron chi connectivity index (χ1n) is 3.67. The highest BCUT2D eigenvalue weighted by molar-refractivity contribution is 5.93. The van der Waals surface area contributed by atoms with Crippen molar-refractivity contribution in [2.75, 3.05) is 7.11 Å². The summed E-state index contributed by atoms with van der Waals surface area (Å²) in [5, 5.41) is 8.59. The maximum atomic E-state index is 13.1. The van der Waals surface area contributed by atoms with Crippen molar-refractivity contribution in [2.45, 2.75) is 0 Å².